The minimum Gasteiger partial charge on any atom is -0.292 e. The van der Waals surface area contributed by atoms with Gasteiger partial charge in [0.1, 0.15) is 13.1 Å². The second kappa shape index (κ2) is 8.13. The van der Waals surface area contributed by atoms with E-state index >= 15 is 0 Å². The molecule has 0 bridgehead atoms. The van der Waals surface area contributed by atoms with E-state index in [2.05, 4.69) is 46.7 Å². The topological polar surface area (TPSA) is 59.2 Å². The van der Waals surface area contributed by atoms with Crippen molar-refractivity contribution in [2.75, 3.05) is 33.7 Å². The first-order chi connectivity index (χ1) is 15.4. The molecule has 3 aliphatic heterocycles. The van der Waals surface area contributed by atoms with Crippen molar-refractivity contribution in [2.45, 2.75) is 32.4 Å². The number of imide groups is 1. The normalized spacial score (nSPS) is 24.4. The van der Waals surface area contributed by atoms with Crippen LogP contribution in [0.4, 0.5) is 4.79 Å². The minimum atomic E-state index is -0.570. The van der Waals surface area contributed by atoms with Crippen molar-refractivity contribution >= 4 is 34.4 Å². The molecule has 0 radical (unpaired) electrons. The number of aliphatic imine (C=N–C) groups is 1. The Bertz CT molecular complexity index is 1150. The van der Waals surface area contributed by atoms with E-state index in [1.165, 1.54) is 33.4 Å². The number of hydrogen-bond donors (Lipinski definition) is 0. The Kier molecular flexibility index (Phi) is 5.29. The molecule has 0 spiro atoms. The van der Waals surface area contributed by atoms with Gasteiger partial charge in [-0.15, -0.1) is 0 Å². The van der Waals surface area contributed by atoms with Crippen LogP contribution in [0.5, 0.6) is 0 Å². The number of urea groups is 1. The van der Waals surface area contributed by atoms with Crippen LogP contribution in [0, 0.1) is 5.92 Å². The van der Waals surface area contributed by atoms with Gasteiger partial charge in [0, 0.05) is 26.2 Å². The Hall–Kier alpha value is -3.06. The zero-order valence-corrected chi connectivity index (χ0v) is 19.0. The number of benzene rings is 2. The van der Waals surface area contributed by atoms with Gasteiger partial charge < -0.3 is 0 Å². The number of fused-ring (bicyclic) bond motifs is 2. The number of carbonyl (C=O) groups excluding carboxylic acids is 2. The average Bonchev–Trinajstić information content (AvgIpc) is 3.14. The molecule has 2 aromatic carbocycles. The van der Waals surface area contributed by atoms with Crippen LogP contribution < -0.4 is 0 Å². The van der Waals surface area contributed by atoms with E-state index in [4.69, 9.17) is 4.99 Å². The predicted octanol–water partition coefficient (Wildman–Crippen LogP) is 2.79. The van der Waals surface area contributed by atoms with Crippen molar-refractivity contribution in [2.24, 2.45) is 10.9 Å². The first-order valence-electron chi connectivity index (χ1n) is 11.4. The number of rotatable bonds is 4. The fourth-order valence-electron chi connectivity index (χ4n) is 5.20. The first-order valence-corrected chi connectivity index (χ1v) is 11.4. The third-order valence-corrected chi connectivity index (χ3v) is 6.94. The van der Waals surface area contributed by atoms with Gasteiger partial charge in [0.25, 0.3) is 17.8 Å². The average molecular weight is 433 g/mol. The van der Waals surface area contributed by atoms with Crippen molar-refractivity contribution < 1.29 is 14.2 Å². The molecule has 2 fully saturated rings. The molecule has 3 heterocycles. The van der Waals surface area contributed by atoms with Crippen molar-refractivity contribution in [1.82, 2.24) is 14.7 Å². The number of nitrogens with zero attached hydrogens (tertiary/aromatic N) is 5. The fraction of sp³-hybridized carbons (Fsp3) is 0.440. The second-order valence-electron chi connectivity index (χ2n) is 9.28. The number of amidine groups is 2. The van der Waals surface area contributed by atoms with Crippen molar-refractivity contribution in [1.29, 1.82) is 0 Å². The molecule has 0 saturated carbocycles. The van der Waals surface area contributed by atoms with Gasteiger partial charge in [-0.25, -0.2) is 9.37 Å². The Morgan fingerprint density at radius 3 is 2.66 bits per heavy atom. The van der Waals surface area contributed by atoms with Crippen molar-refractivity contribution in [3.05, 3.63) is 48.0 Å². The van der Waals surface area contributed by atoms with Gasteiger partial charge in [-0.3, -0.25) is 19.5 Å². The number of likely N-dealkylation sites (tertiary alicyclic amines) is 1. The molecule has 5 rings (SSSR count). The molecule has 32 heavy (non-hydrogen) atoms. The number of hydrogen-bond acceptors (Lipinski definition) is 4. The zero-order valence-electron chi connectivity index (χ0n) is 19.0. The van der Waals surface area contributed by atoms with E-state index < -0.39 is 6.04 Å². The number of amides is 3. The maximum absolute atomic E-state index is 13.2. The van der Waals surface area contributed by atoms with Gasteiger partial charge in [0.05, 0.1) is 0 Å². The van der Waals surface area contributed by atoms with Gasteiger partial charge >= 0.3 is 11.9 Å². The maximum atomic E-state index is 13.2. The summed E-state index contributed by atoms with van der Waals surface area (Å²) in [5, 5.41) is 2.35. The van der Waals surface area contributed by atoms with Crippen LogP contribution in [-0.4, -0.2) is 82.7 Å². The van der Waals surface area contributed by atoms with E-state index in [9.17, 15) is 9.59 Å². The Morgan fingerprint density at radius 1 is 1.06 bits per heavy atom. The lowest BCUT2D eigenvalue weighted by Gasteiger charge is -2.31. The molecule has 2 saturated heterocycles. The second-order valence-corrected chi connectivity index (χ2v) is 9.28. The predicted molar refractivity (Wildman–Crippen MR) is 125 cm³/mol. The monoisotopic (exact) mass is 432 g/mol. The summed E-state index contributed by atoms with van der Waals surface area (Å²) < 4.78 is 2.11. The lowest BCUT2D eigenvalue weighted by molar-refractivity contribution is -0.552. The standard InChI is InChI=1S/C25H30N5O2/c1-17-8-7-13-29(14-17)16-21-26-23-22(24(31)28(3)25(32)27(23)2)30(21)15-19-11-6-10-18-9-4-5-12-20(18)19/h4-6,9-12,17,22H,7-8,13-16H2,1-3H3/q+1. The van der Waals surface area contributed by atoms with Crippen LogP contribution in [0.3, 0.4) is 0 Å². The molecule has 0 aromatic heterocycles. The smallest absolute Gasteiger partial charge is 0.292 e. The van der Waals surface area contributed by atoms with E-state index in [1.807, 2.05) is 12.1 Å². The molecular weight excluding hydrogens is 402 g/mol. The van der Waals surface area contributed by atoms with Gasteiger partial charge in [-0.05, 0) is 41.1 Å². The summed E-state index contributed by atoms with van der Waals surface area (Å²) in [5.74, 6) is 1.85. The first kappa shape index (κ1) is 20.8. The summed E-state index contributed by atoms with van der Waals surface area (Å²) >= 11 is 0. The molecule has 2 atom stereocenters. The van der Waals surface area contributed by atoms with Gasteiger partial charge in [-0.2, -0.15) is 0 Å². The van der Waals surface area contributed by atoms with E-state index in [1.54, 1.807) is 14.1 Å². The van der Waals surface area contributed by atoms with E-state index in [0.717, 1.165) is 24.5 Å². The molecule has 7 nitrogen and oxygen atoms in total. The van der Waals surface area contributed by atoms with Crippen molar-refractivity contribution in [3.63, 3.8) is 0 Å². The number of piperidine rings is 1. The Morgan fingerprint density at radius 2 is 1.84 bits per heavy atom. The largest absolute Gasteiger partial charge is 0.333 e. The summed E-state index contributed by atoms with van der Waals surface area (Å²) in [6.45, 7) is 5.61. The maximum Gasteiger partial charge on any atom is 0.333 e. The highest BCUT2D eigenvalue weighted by Crippen LogP contribution is 2.25. The van der Waals surface area contributed by atoms with Crippen LogP contribution in [-0.2, 0) is 11.3 Å². The third kappa shape index (κ3) is 3.50. The van der Waals surface area contributed by atoms with E-state index in [-0.39, 0.29) is 11.9 Å². The summed E-state index contributed by atoms with van der Waals surface area (Å²) in [6.07, 6.45) is 2.43. The SMILES string of the molecule is CC1CCCN(CC2=[N+](Cc3cccc4ccccc34)C3C(=O)N(C)C(=O)N(C)C3=N2)C1. The lowest BCUT2D eigenvalue weighted by Crippen LogP contribution is -2.61. The fourth-order valence-corrected chi connectivity index (χ4v) is 5.20. The van der Waals surface area contributed by atoms with Crippen LogP contribution in [0.2, 0.25) is 0 Å². The van der Waals surface area contributed by atoms with Crippen molar-refractivity contribution in [3.8, 4) is 0 Å². The van der Waals surface area contributed by atoms with Crippen LogP contribution in [0.25, 0.3) is 10.8 Å². The van der Waals surface area contributed by atoms with Gasteiger partial charge in [-0.1, -0.05) is 49.4 Å². The minimum absolute atomic E-state index is 0.214. The van der Waals surface area contributed by atoms with Crippen LogP contribution in [0.1, 0.15) is 25.3 Å². The molecule has 166 valence electrons. The highest BCUT2D eigenvalue weighted by Gasteiger charge is 2.53. The van der Waals surface area contributed by atoms with Crippen LogP contribution in [0.15, 0.2) is 47.5 Å². The molecule has 0 N–H and O–H groups in total. The van der Waals surface area contributed by atoms with Gasteiger partial charge in [0.15, 0.2) is 0 Å². The summed E-state index contributed by atoms with van der Waals surface area (Å²) in [4.78, 5) is 35.9. The molecule has 3 aliphatic rings. The summed E-state index contributed by atoms with van der Waals surface area (Å²) in [5.41, 5.74) is 1.15. The molecule has 7 heteroatoms. The van der Waals surface area contributed by atoms with Crippen LogP contribution >= 0.6 is 0 Å². The van der Waals surface area contributed by atoms with Gasteiger partial charge in [0.2, 0.25) is 0 Å². The molecule has 2 aromatic rings. The number of carbonyl (C=O) groups is 2. The molecule has 3 amide bonds. The Balaban J connectivity index is 1.56. The molecular formula is C25H30N5O2+. The summed E-state index contributed by atoms with van der Waals surface area (Å²) in [6, 6.07) is 13.7. The number of likely N-dealkylation sites (N-methyl/N-ethyl adjacent to an activating group) is 2. The Labute approximate surface area is 188 Å². The highest BCUT2D eigenvalue weighted by atomic mass is 16.2. The van der Waals surface area contributed by atoms with E-state index in [0.29, 0.717) is 24.8 Å². The quantitative estimate of drug-likeness (QED) is 0.698. The molecule has 0 aliphatic carbocycles. The molecule has 2 unspecified atom stereocenters. The highest BCUT2D eigenvalue weighted by molar-refractivity contribution is 6.23. The zero-order chi connectivity index (χ0) is 22.4. The third-order valence-electron chi connectivity index (χ3n) is 6.94. The summed E-state index contributed by atoms with van der Waals surface area (Å²) in [7, 11) is 3.26. The lowest BCUT2D eigenvalue weighted by atomic mass is 10.0.